The first kappa shape index (κ1) is 19.1. The van der Waals surface area contributed by atoms with Crippen LogP contribution in [-0.4, -0.2) is 31.8 Å². The van der Waals surface area contributed by atoms with Gasteiger partial charge in [-0.1, -0.05) is 30.7 Å². The van der Waals surface area contributed by atoms with Gasteiger partial charge in [0, 0.05) is 0 Å². The quantitative estimate of drug-likeness (QED) is 0.716. The Hall–Kier alpha value is -2.25. The summed E-state index contributed by atoms with van der Waals surface area (Å²) in [6.45, 7) is 1.61. The van der Waals surface area contributed by atoms with Crippen LogP contribution >= 0.6 is 11.6 Å². The molecule has 0 heterocycles. The number of ether oxygens (including phenoxy) is 1. The fraction of sp³-hybridized carbons (Fsp3) is 0.235. The predicted molar refractivity (Wildman–Crippen MR) is 96.0 cm³/mol. The van der Waals surface area contributed by atoms with E-state index in [0.29, 0.717) is 10.8 Å². The lowest BCUT2D eigenvalue weighted by Crippen LogP contribution is -2.16. The topological polar surface area (TPSA) is 92.7 Å². The number of aromatic hydroxyl groups is 1. The van der Waals surface area contributed by atoms with Crippen molar-refractivity contribution in [3.05, 3.63) is 47.5 Å². The van der Waals surface area contributed by atoms with E-state index in [4.69, 9.17) is 16.3 Å². The Morgan fingerprint density at radius 1 is 1.24 bits per heavy atom. The minimum Gasteiger partial charge on any atom is -0.506 e. The van der Waals surface area contributed by atoms with Crippen molar-refractivity contribution >= 4 is 33.0 Å². The molecule has 0 saturated heterocycles. The number of carbonyl (C=O) groups is 1. The van der Waals surface area contributed by atoms with Crippen LogP contribution in [-0.2, 0) is 14.6 Å². The van der Waals surface area contributed by atoms with Crippen molar-refractivity contribution in [1.29, 1.82) is 0 Å². The van der Waals surface area contributed by atoms with Gasteiger partial charge < -0.3 is 15.2 Å². The second-order valence-corrected chi connectivity index (χ2v) is 7.84. The monoisotopic (exact) mass is 383 g/mol. The van der Waals surface area contributed by atoms with Gasteiger partial charge in [0.15, 0.2) is 9.84 Å². The summed E-state index contributed by atoms with van der Waals surface area (Å²) < 4.78 is 29.2. The lowest BCUT2D eigenvalue weighted by Gasteiger charge is -2.11. The molecule has 0 aliphatic carbocycles. The number of phenols is 1. The van der Waals surface area contributed by atoms with Crippen LogP contribution in [0.3, 0.4) is 0 Å². The molecule has 2 aromatic carbocycles. The van der Waals surface area contributed by atoms with Crippen LogP contribution in [0.2, 0.25) is 5.02 Å². The summed E-state index contributed by atoms with van der Waals surface area (Å²) in [6.07, 6.45) is 0.00934. The van der Waals surface area contributed by atoms with Crippen molar-refractivity contribution in [2.75, 3.05) is 17.7 Å². The number of hydrogen-bond acceptors (Lipinski definition) is 5. The lowest BCUT2D eigenvalue weighted by atomic mass is 10.3. The molecule has 2 aromatic rings. The largest absolute Gasteiger partial charge is 0.506 e. The zero-order valence-corrected chi connectivity index (χ0v) is 15.1. The van der Waals surface area contributed by atoms with Crippen LogP contribution in [0.1, 0.15) is 13.3 Å². The number of phenolic OH excluding ortho intramolecular Hbond substituents is 1. The van der Waals surface area contributed by atoms with E-state index >= 15 is 0 Å². The van der Waals surface area contributed by atoms with Gasteiger partial charge in [0.25, 0.3) is 0 Å². The van der Waals surface area contributed by atoms with Gasteiger partial charge in [0.05, 0.1) is 34.4 Å². The third-order valence-electron chi connectivity index (χ3n) is 3.40. The Kier molecular flexibility index (Phi) is 6.27. The van der Waals surface area contributed by atoms with Crippen molar-refractivity contribution in [2.45, 2.75) is 18.2 Å². The molecule has 134 valence electrons. The van der Waals surface area contributed by atoms with E-state index in [-0.39, 0.29) is 35.1 Å². The number of sulfone groups is 1. The SMILES string of the molecule is CCS(=O)(=O)c1ccc(O)c(NC(=O)CCOc2ccccc2Cl)c1. The molecule has 8 heteroatoms. The normalized spacial score (nSPS) is 11.1. The summed E-state index contributed by atoms with van der Waals surface area (Å²) in [5.41, 5.74) is 0.0391. The minimum absolute atomic E-state index is 0.00934. The highest BCUT2D eigenvalue weighted by Gasteiger charge is 2.15. The van der Waals surface area contributed by atoms with Crippen molar-refractivity contribution in [3.63, 3.8) is 0 Å². The molecule has 0 aliphatic rings. The standard InChI is InChI=1S/C17H18ClNO5S/c1-2-25(22,23)12-7-8-15(20)14(11-12)19-17(21)9-10-24-16-6-4-3-5-13(16)18/h3-8,11,20H,2,9-10H2,1H3,(H,19,21). The molecule has 2 N–H and O–H groups in total. The number of amides is 1. The second kappa shape index (κ2) is 8.22. The Balaban J connectivity index is 1.98. The Labute approximate surface area is 151 Å². The molecule has 0 spiro atoms. The molecule has 0 aliphatic heterocycles. The van der Waals surface area contributed by atoms with Crippen molar-refractivity contribution < 1.29 is 23.1 Å². The Morgan fingerprint density at radius 3 is 2.64 bits per heavy atom. The van der Waals surface area contributed by atoms with Gasteiger partial charge in [0.2, 0.25) is 5.91 Å². The van der Waals surface area contributed by atoms with Crippen LogP contribution in [0.4, 0.5) is 5.69 Å². The maximum atomic E-state index is 12.0. The van der Waals surface area contributed by atoms with Gasteiger partial charge >= 0.3 is 0 Å². The fourth-order valence-electron chi connectivity index (χ4n) is 2.00. The molecule has 0 bridgehead atoms. The average Bonchev–Trinajstić information content (AvgIpc) is 2.58. The van der Waals surface area contributed by atoms with Crippen molar-refractivity contribution in [2.24, 2.45) is 0 Å². The minimum atomic E-state index is -3.43. The first-order chi connectivity index (χ1) is 11.8. The first-order valence-corrected chi connectivity index (χ1v) is 9.59. The molecular weight excluding hydrogens is 366 g/mol. The third kappa shape index (κ3) is 5.11. The summed E-state index contributed by atoms with van der Waals surface area (Å²) in [5, 5.41) is 12.7. The summed E-state index contributed by atoms with van der Waals surface area (Å²) >= 11 is 5.95. The number of hydrogen-bond donors (Lipinski definition) is 2. The van der Waals surface area contributed by atoms with E-state index in [1.165, 1.54) is 25.1 Å². The smallest absolute Gasteiger partial charge is 0.227 e. The van der Waals surface area contributed by atoms with Gasteiger partial charge in [-0.3, -0.25) is 4.79 Å². The molecule has 25 heavy (non-hydrogen) atoms. The third-order valence-corrected chi connectivity index (χ3v) is 5.45. The molecule has 0 unspecified atom stereocenters. The van der Waals surface area contributed by atoms with E-state index < -0.39 is 15.7 Å². The van der Waals surface area contributed by atoms with Crippen LogP contribution in [0.5, 0.6) is 11.5 Å². The number of para-hydroxylation sites is 1. The predicted octanol–water partition coefficient (Wildman–Crippen LogP) is 3.25. The number of nitrogens with one attached hydrogen (secondary N) is 1. The number of halogens is 1. The number of carbonyl (C=O) groups excluding carboxylic acids is 1. The molecule has 0 saturated carbocycles. The summed E-state index contributed by atoms with van der Waals surface area (Å²) in [4.78, 5) is 12.0. The Morgan fingerprint density at radius 2 is 1.96 bits per heavy atom. The summed E-state index contributed by atoms with van der Waals surface area (Å²) in [6, 6.07) is 10.7. The number of rotatable bonds is 7. The van der Waals surface area contributed by atoms with Gasteiger partial charge in [0.1, 0.15) is 11.5 Å². The highest BCUT2D eigenvalue weighted by molar-refractivity contribution is 7.91. The summed E-state index contributed by atoms with van der Waals surface area (Å²) in [5.74, 6) is -0.240. The Bertz CT molecular complexity index is 867. The van der Waals surface area contributed by atoms with Crippen LogP contribution in [0, 0.1) is 0 Å². The fourth-order valence-corrected chi connectivity index (χ4v) is 3.10. The zero-order chi connectivity index (χ0) is 18.4. The average molecular weight is 384 g/mol. The van der Waals surface area contributed by atoms with E-state index in [0.717, 1.165) is 0 Å². The van der Waals surface area contributed by atoms with Crippen LogP contribution in [0.15, 0.2) is 47.4 Å². The van der Waals surface area contributed by atoms with Gasteiger partial charge in [-0.2, -0.15) is 0 Å². The van der Waals surface area contributed by atoms with Gasteiger partial charge in [-0.05, 0) is 30.3 Å². The first-order valence-electron chi connectivity index (χ1n) is 7.56. The second-order valence-electron chi connectivity index (χ2n) is 5.16. The zero-order valence-electron chi connectivity index (χ0n) is 13.5. The molecular formula is C17H18ClNO5S. The highest BCUT2D eigenvalue weighted by atomic mass is 35.5. The van der Waals surface area contributed by atoms with Gasteiger partial charge in [-0.25, -0.2) is 8.42 Å². The number of benzene rings is 2. The van der Waals surface area contributed by atoms with Gasteiger partial charge in [-0.15, -0.1) is 0 Å². The highest BCUT2D eigenvalue weighted by Crippen LogP contribution is 2.27. The van der Waals surface area contributed by atoms with E-state index in [9.17, 15) is 18.3 Å². The summed E-state index contributed by atoms with van der Waals surface area (Å²) in [7, 11) is -3.43. The molecule has 0 radical (unpaired) electrons. The molecule has 0 atom stereocenters. The van der Waals surface area contributed by atoms with Crippen LogP contribution in [0.25, 0.3) is 0 Å². The van der Waals surface area contributed by atoms with E-state index in [1.54, 1.807) is 24.3 Å². The maximum absolute atomic E-state index is 12.0. The lowest BCUT2D eigenvalue weighted by molar-refractivity contribution is -0.116. The van der Waals surface area contributed by atoms with E-state index in [1.807, 2.05) is 0 Å². The number of anilines is 1. The van der Waals surface area contributed by atoms with Crippen LogP contribution < -0.4 is 10.1 Å². The molecule has 6 nitrogen and oxygen atoms in total. The van der Waals surface area contributed by atoms with Crippen molar-refractivity contribution in [1.82, 2.24) is 0 Å². The van der Waals surface area contributed by atoms with E-state index in [2.05, 4.69) is 5.32 Å². The molecule has 0 aromatic heterocycles. The molecule has 0 fully saturated rings. The molecule has 1 amide bonds. The van der Waals surface area contributed by atoms with Crippen molar-refractivity contribution in [3.8, 4) is 11.5 Å². The maximum Gasteiger partial charge on any atom is 0.227 e. The molecule has 2 rings (SSSR count).